The average Bonchev–Trinajstić information content (AvgIpc) is 3.10. The second kappa shape index (κ2) is 5.26. The maximum Gasteiger partial charge on any atom is 0.276 e. The van der Waals surface area contributed by atoms with Crippen molar-refractivity contribution in [1.29, 1.82) is 0 Å². The number of nitrogens with one attached hydrogen (secondary N) is 2. The molecule has 3 rings (SSSR count). The zero-order valence-electron chi connectivity index (χ0n) is 10.3. The van der Waals surface area contributed by atoms with Gasteiger partial charge in [-0.05, 0) is 35.7 Å². The predicted molar refractivity (Wildman–Crippen MR) is 76.3 cm³/mol. The van der Waals surface area contributed by atoms with E-state index in [1.54, 1.807) is 23.5 Å². The van der Waals surface area contributed by atoms with E-state index in [2.05, 4.69) is 15.5 Å². The average molecular weight is 287 g/mol. The van der Waals surface area contributed by atoms with Crippen LogP contribution in [-0.4, -0.2) is 16.1 Å². The molecule has 0 saturated carbocycles. The van der Waals surface area contributed by atoms with E-state index in [-0.39, 0.29) is 11.6 Å². The van der Waals surface area contributed by atoms with Crippen LogP contribution in [0.3, 0.4) is 0 Å². The van der Waals surface area contributed by atoms with Gasteiger partial charge in [0.25, 0.3) is 5.91 Å². The highest BCUT2D eigenvalue weighted by Gasteiger charge is 2.12. The Hall–Kier alpha value is -2.47. The Morgan fingerprint density at radius 3 is 2.90 bits per heavy atom. The number of anilines is 1. The fourth-order valence-corrected chi connectivity index (χ4v) is 2.45. The summed E-state index contributed by atoms with van der Waals surface area (Å²) in [6, 6.07) is 11.3. The number of rotatable bonds is 3. The zero-order valence-corrected chi connectivity index (χ0v) is 11.1. The first-order valence-corrected chi connectivity index (χ1v) is 6.76. The third-order valence-corrected chi connectivity index (χ3v) is 3.58. The van der Waals surface area contributed by atoms with Gasteiger partial charge in [-0.15, -0.1) is 11.3 Å². The molecule has 1 amide bonds. The molecule has 4 nitrogen and oxygen atoms in total. The third kappa shape index (κ3) is 2.60. The van der Waals surface area contributed by atoms with Crippen molar-refractivity contribution in [3.63, 3.8) is 0 Å². The van der Waals surface area contributed by atoms with Crippen LogP contribution in [0.5, 0.6) is 0 Å². The number of amides is 1. The van der Waals surface area contributed by atoms with Crippen LogP contribution in [0.15, 0.2) is 47.8 Å². The Kier molecular flexibility index (Phi) is 3.30. The molecule has 20 heavy (non-hydrogen) atoms. The Morgan fingerprint density at radius 1 is 1.25 bits per heavy atom. The smallest absolute Gasteiger partial charge is 0.276 e. The number of hydrogen-bond acceptors (Lipinski definition) is 3. The van der Waals surface area contributed by atoms with Crippen LogP contribution in [0.25, 0.3) is 10.6 Å². The van der Waals surface area contributed by atoms with Gasteiger partial charge >= 0.3 is 0 Å². The molecule has 2 N–H and O–H groups in total. The van der Waals surface area contributed by atoms with Crippen molar-refractivity contribution in [2.24, 2.45) is 0 Å². The summed E-state index contributed by atoms with van der Waals surface area (Å²) in [6.45, 7) is 0. The molecule has 2 heterocycles. The van der Waals surface area contributed by atoms with E-state index in [1.807, 2.05) is 17.5 Å². The highest BCUT2D eigenvalue weighted by Crippen LogP contribution is 2.23. The molecule has 2 aromatic heterocycles. The standard InChI is InChI=1S/C14H10FN3OS/c15-9-3-1-4-10(7-9)16-14(19)12-8-11(17-18-12)13-5-2-6-20-13/h1-8H,(H,16,19)(H,17,18). The molecule has 0 bridgehead atoms. The van der Waals surface area contributed by atoms with Gasteiger partial charge < -0.3 is 5.32 Å². The number of aromatic nitrogens is 2. The number of benzene rings is 1. The van der Waals surface area contributed by atoms with Gasteiger partial charge in [0.15, 0.2) is 5.69 Å². The maximum atomic E-state index is 13.0. The van der Waals surface area contributed by atoms with Crippen LogP contribution in [0.1, 0.15) is 10.5 Å². The number of carbonyl (C=O) groups excluding carboxylic acids is 1. The molecule has 0 aliphatic rings. The van der Waals surface area contributed by atoms with Crippen LogP contribution in [0, 0.1) is 5.82 Å². The summed E-state index contributed by atoms with van der Waals surface area (Å²) in [5.41, 5.74) is 1.44. The highest BCUT2D eigenvalue weighted by atomic mass is 32.1. The van der Waals surface area contributed by atoms with E-state index in [0.29, 0.717) is 5.69 Å². The molecule has 0 aliphatic heterocycles. The fourth-order valence-electron chi connectivity index (χ4n) is 1.76. The van der Waals surface area contributed by atoms with Crippen LogP contribution >= 0.6 is 11.3 Å². The van der Waals surface area contributed by atoms with Gasteiger partial charge in [-0.3, -0.25) is 9.89 Å². The summed E-state index contributed by atoms with van der Waals surface area (Å²) in [5.74, 6) is -0.779. The van der Waals surface area contributed by atoms with Crippen LogP contribution < -0.4 is 5.32 Å². The molecule has 0 atom stereocenters. The number of H-pyrrole nitrogens is 1. The first-order chi connectivity index (χ1) is 9.72. The zero-order chi connectivity index (χ0) is 13.9. The van der Waals surface area contributed by atoms with Crippen molar-refractivity contribution < 1.29 is 9.18 Å². The third-order valence-electron chi connectivity index (χ3n) is 2.68. The van der Waals surface area contributed by atoms with Crippen molar-refractivity contribution >= 4 is 22.9 Å². The molecule has 0 aliphatic carbocycles. The SMILES string of the molecule is O=C(Nc1cccc(F)c1)c1cc(-c2cccs2)[nH]n1. The van der Waals surface area contributed by atoms with Gasteiger partial charge in [0.1, 0.15) is 5.82 Å². The summed E-state index contributed by atoms with van der Waals surface area (Å²) in [5, 5.41) is 11.3. The Bertz CT molecular complexity index is 736. The lowest BCUT2D eigenvalue weighted by Gasteiger charge is -2.02. The largest absolute Gasteiger partial charge is 0.320 e. The Balaban J connectivity index is 1.78. The van der Waals surface area contributed by atoms with Gasteiger partial charge in [0, 0.05) is 5.69 Å². The summed E-state index contributed by atoms with van der Waals surface area (Å²) in [6.07, 6.45) is 0. The molecule has 100 valence electrons. The summed E-state index contributed by atoms with van der Waals surface area (Å²) < 4.78 is 13.0. The molecule has 0 unspecified atom stereocenters. The quantitative estimate of drug-likeness (QED) is 0.774. The number of halogens is 1. The molecule has 1 aromatic carbocycles. The fraction of sp³-hybridized carbons (Fsp3) is 0. The molecule has 6 heteroatoms. The minimum atomic E-state index is -0.399. The summed E-state index contributed by atoms with van der Waals surface area (Å²) in [4.78, 5) is 13.0. The molecule has 0 radical (unpaired) electrons. The molecule has 3 aromatic rings. The molecule has 0 spiro atoms. The first kappa shape index (κ1) is 12.6. The van der Waals surface area contributed by atoms with E-state index in [1.165, 1.54) is 18.2 Å². The van der Waals surface area contributed by atoms with Gasteiger partial charge in [-0.25, -0.2) is 4.39 Å². The van der Waals surface area contributed by atoms with Gasteiger partial charge in [0.05, 0.1) is 10.6 Å². The second-order valence-corrected chi connectivity index (χ2v) is 5.06. The number of hydrogen-bond donors (Lipinski definition) is 2. The van der Waals surface area contributed by atoms with E-state index < -0.39 is 5.82 Å². The van der Waals surface area contributed by atoms with Crippen LogP contribution in [0.4, 0.5) is 10.1 Å². The number of aromatic amines is 1. The van der Waals surface area contributed by atoms with Gasteiger partial charge in [-0.1, -0.05) is 12.1 Å². The minimum Gasteiger partial charge on any atom is -0.320 e. The second-order valence-electron chi connectivity index (χ2n) is 4.11. The number of nitrogens with zero attached hydrogens (tertiary/aromatic N) is 1. The van der Waals surface area contributed by atoms with Crippen LogP contribution in [0.2, 0.25) is 0 Å². The topological polar surface area (TPSA) is 57.8 Å². The first-order valence-electron chi connectivity index (χ1n) is 5.88. The van der Waals surface area contributed by atoms with Crippen molar-refractivity contribution in [2.75, 3.05) is 5.32 Å². The molecular formula is C14H10FN3OS. The van der Waals surface area contributed by atoms with Gasteiger partial charge in [0.2, 0.25) is 0 Å². The molecule has 0 saturated heterocycles. The summed E-state index contributed by atoms with van der Waals surface area (Å²) >= 11 is 1.55. The number of carbonyl (C=O) groups is 1. The highest BCUT2D eigenvalue weighted by molar-refractivity contribution is 7.13. The van der Waals surface area contributed by atoms with Gasteiger partial charge in [-0.2, -0.15) is 5.10 Å². The Labute approximate surface area is 118 Å². The molecule has 0 fully saturated rings. The minimum absolute atomic E-state index is 0.262. The lowest BCUT2D eigenvalue weighted by Crippen LogP contribution is -2.12. The van der Waals surface area contributed by atoms with Crippen molar-refractivity contribution in [3.05, 3.63) is 59.4 Å². The van der Waals surface area contributed by atoms with E-state index in [4.69, 9.17) is 0 Å². The number of thiophene rings is 1. The van der Waals surface area contributed by atoms with E-state index in [9.17, 15) is 9.18 Å². The Morgan fingerprint density at radius 2 is 2.15 bits per heavy atom. The lowest BCUT2D eigenvalue weighted by molar-refractivity contribution is 0.102. The molecular weight excluding hydrogens is 277 g/mol. The van der Waals surface area contributed by atoms with Crippen LogP contribution in [-0.2, 0) is 0 Å². The van der Waals surface area contributed by atoms with Crippen molar-refractivity contribution in [1.82, 2.24) is 10.2 Å². The summed E-state index contributed by atoms with van der Waals surface area (Å²) in [7, 11) is 0. The van der Waals surface area contributed by atoms with Crippen molar-refractivity contribution in [3.8, 4) is 10.6 Å². The van der Waals surface area contributed by atoms with Crippen molar-refractivity contribution in [2.45, 2.75) is 0 Å². The normalized spacial score (nSPS) is 10.4. The van der Waals surface area contributed by atoms with E-state index >= 15 is 0 Å². The monoisotopic (exact) mass is 287 g/mol. The maximum absolute atomic E-state index is 13.0. The lowest BCUT2D eigenvalue weighted by atomic mass is 10.2. The van der Waals surface area contributed by atoms with E-state index in [0.717, 1.165) is 10.6 Å². The predicted octanol–water partition coefficient (Wildman–Crippen LogP) is 3.53.